The van der Waals surface area contributed by atoms with Gasteiger partial charge in [0.1, 0.15) is 6.04 Å². The van der Waals surface area contributed by atoms with Crippen LogP contribution in [0.4, 0.5) is 0 Å². The minimum Gasteiger partial charge on any atom is -0.480 e. The molecule has 0 radical (unpaired) electrons. The Labute approximate surface area is 143 Å². The van der Waals surface area contributed by atoms with Crippen LogP contribution >= 0.6 is 11.6 Å². The summed E-state index contributed by atoms with van der Waals surface area (Å²) in [6.07, 6.45) is 4.72. The number of piperidine rings is 1. The van der Waals surface area contributed by atoms with Crippen LogP contribution in [0.25, 0.3) is 0 Å². The summed E-state index contributed by atoms with van der Waals surface area (Å²) in [6, 6.07) is 7.90. The Morgan fingerprint density at radius 2 is 2.00 bits per heavy atom. The number of hydrogen-bond donors (Lipinski definition) is 2. The van der Waals surface area contributed by atoms with E-state index in [1.807, 2.05) is 12.1 Å². The maximum absolute atomic E-state index is 11.3. The molecule has 2 N–H and O–H groups in total. The van der Waals surface area contributed by atoms with Gasteiger partial charge in [0.2, 0.25) is 0 Å². The van der Waals surface area contributed by atoms with Gasteiger partial charge in [-0.2, -0.15) is 0 Å². The van der Waals surface area contributed by atoms with Gasteiger partial charge in [0.05, 0.1) is 0 Å². The van der Waals surface area contributed by atoms with Crippen LogP contribution in [0.1, 0.15) is 44.6 Å². The summed E-state index contributed by atoms with van der Waals surface area (Å²) in [7, 11) is 0. The van der Waals surface area contributed by atoms with Gasteiger partial charge in [-0.05, 0) is 50.0 Å². The molecule has 23 heavy (non-hydrogen) atoms. The van der Waals surface area contributed by atoms with E-state index in [9.17, 15) is 9.90 Å². The first-order valence-electron chi connectivity index (χ1n) is 8.54. The highest BCUT2D eigenvalue weighted by molar-refractivity contribution is 6.30. The average Bonchev–Trinajstić information content (AvgIpc) is 2.55. The molecule has 0 saturated carbocycles. The van der Waals surface area contributed by atoms with Gasteiger partial charge < -0.3 is 10.4 Å². The lowest BCUT2D eigenvalue weighted by molar-refractivity contribution is -0.140. The Kier molecular flexibility index (Phi) is 7.34. The number of rotatable bonds is 8. The fraction of sp³-hybridized carbons (Fsp3) is 0.611. The van der Waals surface area contributed by atoms with Gasteiger partial charge in [-0.3, -0.25) is 9.69 Å². The average molecular weight is 339 g/mol. The Bertz CT molecular complexity index is 484. The normalized spacial score (nSPS) is 18.0. The van der Waals surface area contributed by atoms with Crippen molar-refractivity contribution in [2.45, 2.75) is 57.7 Å². The largest absolute Gasteiger partial charge is 0.480 e. The van der Waals surface area contributed by atoms with Crippen LogP contribution in [-0.2, 0) is 11.3 Å². The van der Waals surface area contributed by atoms with Crippen molar-refractivity contribution in [3.63, 3.8) is 0 Å². The van der Waals surface area contributed by atoms with E-state index in [-0.39, 0.29) is 0 Å². The highest BCUT2D eigenvalue weighted by atomic mass is 35.5. The minimum absolute atomic E-state index is 0.314. The lowest BCUT2D eigenvalue weighted by atomic mass is 10.0. The van der Waals surface area contributed by atoms with E-state index >= 15 is 0 Å². The van der Waals surface area contributed by atoms with E-state index in [0.29, 0.717) is 6.04 Å². The van der Waals surface area contributed by atoms with E-state index < -0.39 is 12.0 Å². The van der Waals surface area contributed by atoms with Crippen molar-refractivity contribution in [2.24, 2.45) is 0 Å². The Balaban J connectivity index is 1.76. The summed E-state index contributed by atoms with van der Waals surface area (Å²) in [6.45, 7) is 5.02. The fourth-order valence-electron chi connectivity index (χ4n) is 3.08. The van der Waals surface area contributed by atoms with Crippen LogP contribution in [0.5, 0.6) is 0 Å². The molecule has 1 aliphatic heterocycles. The number of nitrogens with zero attached hydrogens (tertiary/aromatic N) is 1. The molecule has 128 valence electrons. The number of hydrogen-bond acceptors (Lipinski definition) is 3. The molecule has 1 aromatic carbocycles. The first-order chi connectivity index (χ1) is 11.1. The molecule has 5 heteroatoms. The molecule has 0 amide bonds. The zero-order valence-electron chi connectivity index (χ0n) is 13.8. The summed E-state index contributed by atoms with van der Waals surface area (Å²) in [4.78, 5) is 13.7. The number of benzene rings is 1. The van der Waals surface area contributed by atoms with E-state index in [4.69, 9.17) is 11.6 Å². The molecular weight excluding hydrogens is 312 g/mol. The standard InChI is InChI=1S/C18H27ClN2O2/c1-2-3-4-17(18(22)23)20-16-9-11-21(12-10-16)13-14-5-7-15(19)8-6-14/h5-8,16-17,20H,2-4,9-13H2,1H3,(H,22,23)/t17-/m0/s1. The number of halogens is 1. The molecule has 0 aliphatic carbocycles. The molecule has 1 atom stereocenters. The van der Waals surface area contributed by atoms with Crippen molar-refractivity contribution in [3.8, 4) is 0 Å². The van der Waals surface area contributed by atoms with Gasteiger partial charge in [-0.1, -0.05) is 43.5 Å². The van der Waals surface area contributed by atoms with Crippen LogP contribution in [0.15, 0.2) is 24.3 Å². The van der Waals surface area contributed by atoms with E-state index in [0.717, 1.165) is 56.8 Å². The second kappa shape index (κ2) is 9.26. The van der Waals surface area contributed by atoms with Crippen molar-refractivity contribution in [2.75, 3.05) is 13.1 Å². The van der Waals surface area contributed by atoms with E-state index in [2.05, 4.69) is 29.3 Å². The zero-order valence-corrected chi connectivity index (χ0v) is 14.6. The maximum atomic E-state index is 11.3. The van der Waals surface area contributed by atoms with Crippen LogP contribution in [0.3, 0.4) is 0 Å². The van der Waals surface area contributed by atoms with Crippen molar-refractivity contribution in [3.05, 3.63) is 34.9 Å². The zero-order chi connectivity index (χ0) is 16.7. The topological polar surface area (TPSA) is 52.6 Å². The lowest BCUT2D eigenvalue weighted by Crippen LogP contribution is -2.48. The number of carbonyl (C=O) groups is 1. The molecule has 0 spiro atoms. The maximum Gasteiger partial charge on any atom is 0.320 e. The fourth-order valence-corrected chi connectivity index (χ4v) is 3.20. The number of unbranched alkanes of at least 4 members (excludes halogenated alkanes) is 1. The van der Waals surface area contributed by atoms with Gasteiger partial charge in [-0.25, -0.2) is 0 Å². The third-order valence-corrected chi connectivity index (χ3v) is 4.74. The lowest BCUT2D eigenvalue weighted by Gasteiger charge is -2.33. The summed E-state index contributed by atoms with van der Waals surface area (Å²) >= 11 is 5.91. The first-order valence-corrected chi connectivity index (χ1v) is 8.92. The highest BCUT2D eigenvalue weighted by Gasteiger charge is 2.24. The summed E-state index contributed by atoms with van der Waals surface area (Å²) in [5, 5.41) is 13.4. The number of carboxylic acids is 1. The van der Waals surface area contributed by atoms with Crippen LogP contribution in [-0.4, -0.2) is 41.1 Å². The van der Waals surface area contributed by atoms with Gasteiger partial charge in [0, 0.05) is 17.6 Å². The van der Waals surface area contributed by atoms with Crippen LogP contribution in [0.2, 0.25) is 5.02 Å². The molecule has 1 aliphatic rings. The SMILES string of the molecule is CCCC[C@H](NC1CCN(Cc2ccc(Cl)cc2)CC1)C(=O)O. The Morgan fingerprint density at radius 1 is 1.35 bits per heavy atom. The monoisotopic (exact) mass is 338 g/mol. The van der Waals surface area contributed by atoms with Crippen molar-refractivity contribution in [1.29, 1.82) is 0 Å². The Morgan fingerprint density at radius 3 is 2.57 bits per heavy atom. The third kappa shape index (κ3) is 6.13. The number of nitrogens with one attached hydrogen (secondary N) is 1. The molecule has 1 saturated heterocycles. The van der Waals surface area contributed by atoms with Crippen molar-refractivity contribution < 1.29 is 9.90 Å². The number of likely N-dealkylation sites (tertiary alicyclic amines) is 1. The third-order valence-electron chi connectivity index (χ3n) is 4.49. The molecule has 2 rings (SSSR count). The Hall–Kier alpha value is -1.10. The van der Waals surface area contributed by atoms with Gasteiger partial charge in [-0.15, -0.1) is 0 Å². The number of aliphatic carboxylic acids is 1. The van der Waals surface area contributed by atoms with Crippen molar-refractivity contribution >= 4 is 17.6 Å². The first kappa shape index (κ1) is 18.2. The molecule has 1 heterocycles. The number of carboxylic acid groups (broad SMARTS) is 1. The quantitative estimate of drug-likeness (QED) is 0.761. The predicted octanol–water partition coefficient (Wildman–Crippen LogP) is 3.54. The second-order valence-corrected chi connectivity index (χ2v) is 6.81. The van der Waals surface area contributed by atoms with E-state index in [1.165, 1.54) is 5.56 Å². The summed E-state index contributed by atoms with van der Waals surface area (Å²) in [5.74, 6) is -0.720. The van der Waals surface area contributed by atoms with Crippen LogP contribution < -0.4 is 5.32 Å². The highest BCUT2D eigenvalue weighted by Crippen LogP contribution is 2.17. The van der Waals surface area contributed by atoms with Gasteiger partial charge in [0.15, 0.2) is 0 Å². The van der Waals surface area contributed by atoms with Crippen molar-refractivity contribution in [1.82, 2.24) is 10.2 Å². The predicted molar refractivity (Wildman–Crippen MR) is 93.8 cm³/mol. The second-order valence-electron chi connectivity index (χ2n) is 6.38. The van der Waals surface area contributed by atoms with Crippen LogP contribution in [0, 0.1) is 0 Å². The van der Waals surface area contributed by atoms with Gasteiger partial charge >= 0.3 is 5.97 Å². The molecule has 0 aromatic heterocycles. The van der Waals surface area contributed by atoms with Gasteiger partial charge in [0.25, 0.3) is 0 Å². The minimum atomic E-state index is -0.720. The summed E-state index contributed by atoms with van der Waals surface area (Å²) < 4.78 is 0. The molecule has 4 nitrogen and oxygen atoms in total. The van der Waals surface area contributed by atoms with E-state index in [1.54, 1.807) is 0 Å². The molecule has 0 unspecified atom stereocenters. The smallest absolute Gasteiger partial charge is 0.320 e. The molecular formula is C18H27ClN2O2. The summed E-state index contributed by atoms with van der Waals surface area (Å²) in [5.41, 5.74) is 1.27. The molecule has 0 bridgehead atoms. The molecule has 1 aromatic rings. The molecule has 1 fully saturated rings.